The first-order valence-corrected chi connectivity index (χ1v) is 9.13. The molecule has 1 aliphatic rings. The summed E-state index contributed by atoms with van der Waals surface area (Å²) in [5, 5.41) is 0. The number of benzene rings is 1. The Hall–Kier alpha value is -1.88. The van der Waals surface area contributed by atoms with Crippen LogP contribution in [-0.4, -0.2) is 35.9 Å². The van der Waals surface area contributed by atoms with Crippen LogP contribution >= 0.6 is 15.9 Å². The van der Waals surface area contributed by atoms with Gasteiger partial charge in [-0.25, -0.2) is 0 Å². The molecule has 24 heavy (non-hydrogen) atoms. The van der Waals surface area contributed by atoms with Gasteiger partial charge in [-0.2, -0.15) is 0 Å². The van der Waals surface area contributed by atoms with Crippen molar-refractivity contribution in [2.75, 3.05) is 25.0 Å². The van der Waals surface area contributed by atoms with Crippen LogP contribution in [0.2, 0.25) is 0 Å². The second-order valence-electron chi connectivity index (χ2n) is 6.23. The largest absolute Gasteiger partial charge is 0.371 e. The quantitative estimate of drug-likeness (QED) is 0.791. The lowest BCUT2D eigenvalue weighted by Gasteiger charge is -2.31. The number of amides is 1. The fraction of sp³-hybridized carbons (Fsp3) is 0.368. The lowest BCUT2D eigenvalue weighted by atomic mass is 10.1. The third-order valence-electron chi connectivity index (χ3n) is 4.39. The zero-order valence-electron chi connectivity index (χ0n) is 13.9. The molecule has 0 N–H and O–H groups in total. The third kappa shape index (κ3) is 3.96. The standard InChI is InChI=1S/C19H22BrN3O/c1-22(19(24)16-11-17(20)13-21-12-16)14-15-7-3-4-8-18(15)23-9-5-2-6-10-23/h3-4,7-8,11-13H,2,5-6,9-10,14H2,1H3. The monoisotopic (exact) mass is 387 g/mol. The van der Waals surface area contributed by atoms with E-state index in [1.807, 2.05) is 19.2 Å². The van der Waals surface area contributed by atoms with E-state index in [-0.39, 0.29) is 5.91 Å². The minimum atomic E-state index is -0.0164. The number of rotatable bonds is 4. The van der Waals surface area contributed by atoms with E-state index < -0.39 is 0 Å². The zero-order valence-corrected chi connectivity index (χ0v) is 15.5. The molecule has 0 aliphatic carbocycles. The highest BCUT2D eigenvalue weighted by Crippen LogP contribution is 2.25. The van der Waals surface area contributed by atoms with Crippen molar-refractivity contribution in [1.29, 1.82) is 0 Å². The molecule has 126 valence electrons. The normalized spacial score (nSPS) is 14.5. The van der Waals surface area contributed by atoms with Gasteiger partial charge in [0, 0.05) is 49.2 Å². The third-order valence-corrected chi connectivity index (χ3v) is 4.83. The molecule has 1 aliphatic heterocycles. The molecule has 0 spiro atoms. The summed E-state index contributed by atoms with van der Waals surface area (Å²) in [4.78, 5) is 20.9. The maximum atomic E-state index is 12.6. The molecule has 2 heterocycles. The molecule has 1 amide bonds. The molecular formula is C19H22BrN3O. The summed E-state index contributed by atoms with van der Waals surface area (Å²) < 4.78 is 0.815. The summed E-state index contributed by atoms with van der Waals surface area (Å²) in [6, 6.07) is 10.2. The highest BCUT2D eigenvalue weighted by Gasteiger charge is 2.18. The number of hydrogen-bond donors (Lipinski definition) is 0. The Morgan fingerprint density at radius 1 is 1.21 bits per heavy atom. The molecule has 3 rings (SSSR count). The van der Waals surface area contributed by atoms with Gasteiger partial charge < -0.3 is 9.80 Å². The highest BCUT2D eigenvalue weighted by atomic mass is 79.9. The summed E-state index contributed by atoms with van der Waals surface area (Å²) >= 11 is 3.37. The summed E-state index contributed by atoms with van der Waals surface area (Å²) in [5.41, 5.74) is 3.05. The minimum absolute atomic E-state index is 0.0164. The summed E-state index contributed by atoms with van der Waals surface area (Å²) in [7, 11) is 1.84. The Labute approximate surface area is 151 Å². The van der Waals surface area contributed by atoms with E-state index >= 15 is 0 Å². The van der Waals surface area contributed by atoms with Crippen molar-refractivity contribution in [2.45, 2.75) is 25.8 Å². The number of pyridine rings is 1. The van der Waals surface area contributed by atoms with E-state index in [1.165, 1.54) is 30.5 Å². The van der Waals surface area contributed by atoms with Crippen LogP contribution in [0.4, 0.5) is 5.69 Å². The topological polar surface area (TPSA) is 36.4 Å². The lowest BCUT2D eigenvalue weighted by Crippen LogP contribution is -2.32. The predicted octanol–water partition coefficient (Wildman–Crippen LogP) is 4.11. The van der Waals surface area contributed by atoms with Gasteiger partial charge in [0.25, 0.3) is 5.91 Å². The number of halogens is 1. The van der Waals surface area contributed by atoms with Crippen LogP contribution < -0.4 is 4.90 Å². The molecule has 0 bridgehead atoms. The Balaban J connectivity index is 1.76. The number of hydrogen-bond acceptors (Lipinski definition) is 3. The van der Waals surface area contributed by atoms with Gasteiger partial charge in [-0.3, -0.25) is 9.78 Å². The van der Waals surface area contributed by atoms with Gasteiger partial charge in [0.1, 0.15) is 0 Å². The first-order chi connectivity index (χ1) is 11.6. The average Bonchev–Trinajstić information content (AvgIpc) is 2.62. The molecule has 1 aromatic carbocycles. The average molecular weight is 388 g/mol. The first-order valence-electron chi connectivity index (χ1n) is 8.34. The number of para-hydroxylation sites is 1. The van der Waals surface area contributed by atoms with Gasteiger partial charge in [0.15, 0.2) is 0 Å². The van der Waals surface area contributed by atoms with E-state index in [2.05, 4.69) is 44.0 Å². The Kier molecular flexibility index (Phi) is 5.51. The molecule has 0 radical (unpaired) electrons. The number of nitrogens with zero attached hydrogens (tertiary/aromatic N) is 3. The highest BCUT2D eigenvalue weighted by molar-refractivity contribution is 9.10. The second-order valence-corrected chi connectivity index (χ2v) is 7.15. The van der Waals surface area contributed by atoms with Gasteiger partial charge in [-0.05, 0) is 52.9 Å². The van der Waals surface area contributed by atoms with Gasteiger partial charge in [0.2, 0.25) is 0 Å². The van der Waals surface area contributed by atoms with Crippen LogP contribution in [0.25, 0.3) is 0 Å². The van der Waals surface area contributed by atoms with Crippen LogP contribution in [0.1, 0.15) is 35.2 Å². The van der Waals surface area contributed by atoms with Gasteiger partial charge in [-0.15, -0.1) is 0 Å². The molecule has 1 fully saturated rings. The molecule has 2 aromatic rings. The second kappa shape index (κ2) is 7.79. The summed E-state index contributed by atoms with van der Waals surface area (Å²) in [5.74, 6) is -0.0164. The van der Waals surface area contributed by atoms with Crippen molar-refractivity contribution < 1.29 is 4.79 Å². The molecule has 1 aromatic heterocycles. The molecular weight excluding hydrogens is 366 g/mol. The maximum Gasteiger partial charge on any atom is 0.255 e. The maximum absolute atomic E-state index is 12.6. The first kappa shape index (κ1) is 17.0. The summed E-state index contributed by atoms with van der Waals surface area (Å²) in [6.07, 6.45) is 7.09. The van der Waals surface area contributed by atoms with Crippen LogP contribution in [0.3, 0.4) is 0 Å². The molecule has 1 saturated heterocycles. The van der Waals surface area contributed by atoms with Crippen LogP contribution in [-0.2, 0) is 6.54 Å². The number of aromatic nitrogens is 1. The minimum Gasteiger partial charge on any atom is -0.371 e. The summed E-state index contributed by atoms with van der Waals surface area (Å²) in [6.45, 7) is 2.80. The van der Waals surface area contributed by atoms with E-state index in [0.29, 0.717) is 12.1 Å². The zero-order chi connectivity index (χ0) is 16.9. The molecule has 5 heteroatoms. The van der Waals surface area contributed by atoms with Crippen LogP contribution in [0.15, 0.2) is 47.2 Å². The number of anilines is 1. The molecule has 0 saturated carbocycles. The smallest absolute Gasteiger partial charge is 0.255 e. The van der Waals surface area contributed by atoms with E-state index in [1.54, 1.807) is 17.3 Å². The van der Waals surface area contributed by atoms with Crippen molar-refractivity contribution in [3.05, 3.63) is 58.3 Å². The van der Waals surface area contributed by atoms with Crippen molar-refractivity contribution >= 4 is 27.5 Å². The predicted molar refractivity (Wildman–Crippen MR) is 100 cm³/mol. The Bertz CT molecular complexity index is 713. The fourth-order valence-electron chi connectivity index (χ4n) is 3.16. The van der Waals surface area contributed by atoms with E-state index in [9.17, 15) is 4.79 Å². The molecule has 4 nitrogen and oxygen atoms in total. The molecule has 0 atom stereocenters. The number of piperidine rings is 1. The number of carbonyl (C=O) groups excluding carboxylic acids is 1. The fourth-order valence-corrected chi connectivity index (χ4v) is 3.53. The number of carbonyl (C=O) groups is 1. The van der Waals surface area contributed by atoms with E-state index in [4.69, 9.17) is 0 Å². The van der Waals surface area contributed by atoms with Gasteiger partial charge in [0.05, 0.1) is 5.56 Å². The van der Waals surface area contributed by atoms with Crippen molar-refractivity contribution in [1.82, 2.24) is 9.88 Å². The molecule has 0 unspecified atom stereocenters. The van der Waals surface area contributed by atoms with Crippen LogP contribution in [0, 0.1) is 0 Å². The van der Waals surface area contributed by atoms with Crippen molar-refractivity contribution in [3.8, 4) is 0 Å². The van der Waals surface area contributed by atoms with Crippen molar-refractivity contribution in [3.63, 3.8) is 0 Å². The van der Waals surface area contributed by atoms with Crippen molar-refractivity contribution in [2.24, 2.45) is 0 Å². The van der Waals surface area contributed by atoms with Crippen LogP contribution in [0.5, 0.6) is 0 Å². The Morgan fingerprint density at radius 2 is 1.96 bits per heavy atom. The SMILES string of the molecule is CN(Cc1ccccc1N1CCCCC1)C(=O)c1cncc(Br)c1. The lowest BCUT2D eigenvalue weighted by molar-refractivity contribution is 0.0785. The Morgan fingerprint density at radius 3 is 2.71 bits per heavy atom. The van der Waals surface area contributed by atoms with Gasteiger partial charge in [-0.1, -0.05) is 18.2 Å². The van der Waals surface area contributed by atoms with Gasteiger partial charge >= 0.3 is 0 Å². The van der Waals surface area contributed by atoms with E-state index in [0.717, 1.165) is 17.6 Å².